The maximum Gasteiger partial charge on any atom is 0.251 e. The highest BCUT2D eigenvalue weighted by Gasteiger charge is 2.03. The number of benzene rings is 1. The number of aliphatic hydroxyl groups excluding tert-OH is 1. The molecule has 3 nitrogen and oxygen atoms in total. The van der Waals surface area contributed by atoms with E-state index in [0.717, 1.165) is 10.6 Å². The molecule has 82 valence electrons. The van der Waals surface area contributed by atoms with Crippen molar-refractivity contribution >= 4 is 17.7 Å². The van der Waals surface area contributed by atoms with Gasteiger partial charge in [0.25, 0.3) is 5.91 Å². The summed E-state index contributed by atoms with van der Waals surface area (Å²) >= 11 is 1.74. The lowest BCUT2D eigenvalue weighted by Crippen LogP contribution is -2.26. The van der Waals surface area contributed by atoms with Crippen LogP contribution in [0.25, 0.3) is 0 Å². The fraction of sp³-hybridized carbons (Fsp3) is 0.364. The standard InChI is InChI=1S/C11H15NO2S/c1-2-15-10-5-3-9(4-6-10)11(14)12-7-8-13/h3-6,13H,2,7-8H2,1H3,(H,12,14). The van der Waals surface area contributed by atoms with Crippen LogP contribution in [-0.4, -0.2) is 29.9 Å². The van der Waals surface area contributed by atoms with Crippen LogP contribution in [0.1, 0.15) is 17.3 Å². The van der Waals surface area contributed by atoms with Gasteiger partial charge in [-0.2, -0.15) is 0 Å². The van der Waals surface area contributed by atoms with Crippen molar-refractivity contribution < 1.29 is 9.90 Å². The van der Waals surface area contributed by atoms with Crippen LogP contribution in [0.5, 0.6) is 0 Å². The molecular formula is C11H15NO2S. The molecule has 0 saturated heterocycles. The van der Waals surface area contributed by atoms with Crippen LogP contribution < -0.4 is 5.32 Å². The summed E-state index contributed by atoms with van der Waals surface area (Å²) in [5.74, 6) is 0.882. The van der Waals surface area contributed by atoms with Gasteiger partial charge in [-0.15, -0.1) is 11.8 Å². The van der Waals surface area contributed by atoms with E-state index in [1.807, 2.05) is 12.1 Å². The molecule has 0 unspecified atom stereocenters. The van der Waals surface area contributed by atoms with Gasteiger partial charge in [-0.1, -0.05) is 6.92 Å². The molecule has 4 heteroatoms. The van der Waals surface area contributed by atoms with Gasteiger partial charge >= 0.3 is 0 Å². The summed E-state index contributed by atoms with van der Waals surface area (Å²) in [5, 5.41) is 11.2. The van der Waals surface area contributed by atoms with Crippen LogP contribution in [0.4, 0.5) is 0 Å². The maximum atomic E-state index is 11.4. The summed E-state index contributed by atoms with van der Waals surface area (Å²) in [6.07, 6.45) is 0. The molecule has 0 fully saturated rings. The number of carbonyl (C=O) groups is 1. The number of carbonyl (C=O) groups excluding carboxylic acids is 1. The Kier molecular flexibility index (Phi) is 5.21. The van der Waals surface area contributed by atoms with Crippen molar-refractivity contribution in [1.29, 1.82) is 0 Å². The number of hydrogen-bond acceptors (Lipinski definition) is 3. The molecule has 1 amide bonds. The normalized spacial score (nSPS) is 10.0. The van der Waals surface area contributed by atoms with Crippen LogP contribution in [0.3, 0.4) is 0 Å². The first-order valence-electron chi connectivity index (χ1n) is 4.90. The van der Waals surface area contributed by atoms with Gasteiger partial charge in [0, 0.05) is 17.0 Å². The minimum Gasteiger partial charge on any atom is -0.395 e. The molecule has 0 radical (unpaired) electrons. The lowest BCUT2D eigenvalue weighted by Gasteiger charge is -2.04. The smallest absolute Gasteiger partial charge is 0.251 e. The van der Waals surface area contributed by atoms with Gasteiger partial charge < -0.3 is 10.4 Å². The van der Waals surface area contributed by atoms with Crippen molar-refractivity contribution in [2.24, 2.45) is 0 Å². The van der Waals surface area contributed by atoms with Gasteiger partial charge in [-0.05, 0) is 30.0 Å². The fourth-order valence-corrected chi connectivity index (χ4v) is 1.80. The second kappa shape index (κ2) is 6.48. The number of rotatable bonds is 5. The van der Waals surface area contributed by atoms with E-state index in [-0.39, 0.29) is 12.5 Å². The van der Waals surface area contributed by atoms with Crippen LogP contribution in [0, 0.1) is 0 Å². The summed E-state index contributed by atoms with van der Waals surface area (Å²) < 4.78 is 0. The molecule has 0 atom stereocenters. The number of thioether (sulfide) groups is 1. The summed E-state index contributed by atoms with van der Waals surface area (Å²) in [6, 6.07) is 7.46. The Morgan fingerprint density at radius 1 is 1.40 bits per heavy atom. The largest absolute Gasteiger partial charge is 0.395 e. The monoisotopic (exact) mass is 225 g/mol. The van der Waals surface area contributed by atoms with Crippen molar-refractivity contribution in [1.82, 2.24) is 5.32 Å². The molecule has 0 aliphatic carbocycles. The highest BCUT2D eigenvalue weighted by molar-refractivity contribution is 7.99. The van der Waals surface area contributed by atoms with E-state index in [0.29, 0.717) is 12.1 Å². The summed E-state index contributed by atoms with van der Waals surface area (Å²) in [7, 11) is 0. The Labute approximate surface area is 93.9 Å². The van der Waals surface area contributed by atoms with Gasteiger partial charge in [0.05, 0.1) is 6.61 Å². The second-order valence-electron chi connectivity index (χ2n) is 2.94. The lowest BCUT2D eigenvalue weighted by molar-refractivity contribution is 0.0944. The average Bonchev–Trinajstić information content (AvgIpc) is 2.27. The van der Waals surface area contributed by atoms with E-state index in [1.165, 1.54) is 0 Å². The van der Waals surface area contributed by atoms with Crippen LogP contribution in [-0.2, 0) is 0 Å². The zero-order valence-corrected chi connectivity index (χ0v) is 9.51. The number of aliphatic hydroxyl groups is 1. The molecule has 1 aromatic rings. The molecule has 2 N–H and O–H groups in total. The molecule has 0 bridgehead atoms. The van der Waals surface area contributed by atoms with E-state index in [2.05, 4.69) is 12.2 Å². The van der Waals surface area contributed by atoms with Gasteiger partial charge in [0.2, 0.25) is 0 Å². The van der Waals surface area contributed by atoms with Crippen molar-refractivity contribution in [2.75, 3.05) is 18.9 Å². The predicted molar refractivity (Wildman–Crippen MR) is 62.3 cm³/mol. The van der Waals surface area contributed by atoms with Gasteiger partial charge in [-0.3, -0.25) is 4.79 Å². The van der Waals surface area contributed by atoms with E-state index in [9.17, 15) is 4.79 Å². The summed E-state index contributed by atoms with van der Waals surface area (Å²) in [6.45, 7) is 2.35. The Morgan fingerprint density at radius 2 is 2.07 bits per heavy atom. The zero-order valence-electron chi connectivity index (χ0n) is 8.69. The van der Waals surface area contributed by atoms with Gasteiger partial charge in [0.15, 0.2) is 0 Å². The van der Waals surface area contributed by atoms with Crippen molar-refractivity contribution in [3.8, 4) is 0 Å². The number of hydrogen-bond donors (Lipinski definition) is 2. The van der Waals surface area contributed by atoms with Crippen LogP contribution >= 0.6 is 11.8 Å². The van der Waals surface area contributed by atoms with E-state index < -0.39 is 0 Å². The molecule has 0 aromatic heterocycles. The Bertz CT molecular complexity index is 311. The van der Waals surface area contributed by atoms with Gasteiger partial charge in [0.1, 0.15) is 0 Å². The molecule has 0 aliphatic rings. The molecule has 1 aromatic carbocycles. The fourth-order valence-electron chi connectivity index (χ4n) is 1.14. The number of amides is 1. The van der Waals surface area contributed by atoms with Crippen LogP contribution in [0.15, 0.2) is 29.2 Å². The minimum absolute atomic E-state index is 0.0322. The highest BCUT2D eigenvalue weighted by atomic mass is 32.2. The third kappa shape index (κ3) is 3.93. The number of nitrogens with one attached hydrogen (secondary N) is 1. The minimum atomic E-state index is -0.142. The van der Waals surface area contributed by atoms with Gasteiger partial charge in [-0.25, -0.2) is 0 Å². The molecule has 0 aliphatic heterocycles. The third-order valence-corrected chi connectivity index (χ3v) is 2.72. The van der Waals surface area contributed by atoms with Crippen molar-refractivity contribution in [3.05, 3.63) is 29.8 Å². The highest BCUT2D eigenvalue weighted by Crippen LogP contribution is 2.17. The van der Waals surface area contributed by atoms with E-state index >= 15 is 0 Å². The maximum absolute atomic E-state index is 11.4. The Morgan fingerprint density at radius 3 is 2.60 bits per heavy atom. The van der Waals surface area contributed by atoms with Crippen LogP contribution in [0.2, 0.25) is 0 Å². The molecule has 1 rings (SSSR count). The molecule has 0 saturated carbocycles. The average molecular weight is 225 g/mol. The Balaban J connectivity index is 2.58. The third-order valence-electron chi connectivity index (χ3n) is 1.82. The lowest BCUT2D eigenvalue weighted by atomic mass is 10.2. The molecule has 0 heterocycles. The zero-order chi connectivity index (χ0) is 11.1. The topological polar surface area (TPSA) is 49.3 Å². The summed E-state index contributed by atoms with van der Waals surface area (Å²) in [4.78, 5) is 12.6. The summed E-state index contributed by atoms with van der Waals surface area (Å²) in [5.41, 5.74) is 0.629. The van der Waals surface area contributed by atoms with E-state index in [4.69, 9.17) is 5.11 Å². The molecule has 15 heavy (non-hydrogen) atoms. The first-order valence-corrected chi connectivity index (χ1v) is 5.88. The SMILES string of the molecule is CCSc1ccc(C(=O)NCCO)cc1. The molecule has 0 spiro atoms. The predicted octanol–water partition coefficient (Wildman–Crippen LogP) is 1.52. The Hall–Kier alpha value is -1.00. The first kappa shape index (κ1) is 12.1. The molecular weight excluding hydrogens is 210 g/mol. The van der Waals surface area contributed by atoms with Crippen molar-refractivity contribution in [3.63, 3.8) is 0 Å². The van der Waals surface area contributed by atoms with Crippen molar-refractivity contribution in [2.45, 2.75) is 11.8 Å². The quantitative estimate of drug-likeness (QED) is 0.747. The first-order chi connectivity index (χ1) is 7.27. The second-order valence-corrected chi connectivity index (χ2v) is 4.27. The van der Waals surface area contributed by atoms with E-state index in [1.54, 1.807) is 23.9 Å².